The second-order valence-corrected chi connectivity index (χ2v) is 8.05. The zero-order valence-electron chi connectivity index (χ0n) is 19.8. The van der Waals surface area contributed by atoms with Crippen LogP contribution in [0.15, 0.2) is 102 Å². The average molecular weight is 505 g/mol. The zero-order chi connectivity index (χ0) is 26.4. The third-order valence-electron chi connectivity index (χ3n) is 5.53. The number of ether oxygens (including phenoxy) is 1. The van der Waals surface area contributed by atoms with Gasteiger partial charge in [0.15, 0.2) is 0 Å². The first-order valence-corrected chi connectivity index (χ1v) is 11.5. The predicted octanol–water partition coefficient (Wildman–Crippen LogP) is 6.57. The molecule has 0 fully saturated rings. The van der Waals surface area contributed by atoms with Crippen molar-refractivity contribution in [2.24, 2.45) is 0 Å². The molecular formula is C29H23F3N2O3. The molecule has 37 heavy (non-hydrogen) atoms. The van der Waals surface area contributed by atoms with Gasteiger partial charge in [0.05, 0.1) is 23.4 Å². The Morgan fingerprint density at radius 3 is 2.27 bits per heavy atom. The van der Waals surface area contributed by atoms with Gasteiger partial charge < -0.3 is 15.0 Å². The Balaban J connectivity index is 1.61. The number of hydrogen-bond donors (Lipinski definition) is 2. The summed E-state index contributed by atoms with van der Waals surface area (Å²) in [7, 11) is 0. The van der Waals surface area contributed by atoms with Crippen molar-refractivity contribution in [1.29, 1.82) is 0 Å². The van der Waals surface area contributed by atoms with Crippen molar-refractivity contribution in [3.8, 4) is 5.75 Å². The highest BCUT2D eigenvalue weighted by molar-refractivity contribution is 6.05. The van der Waals surface area contributed by atoms with E-state index < -0.39 is 17.6 Å². The molecule has 0 atom stereocenters. The number of pyridine rings is 1. The van der Waals surface area contributed by atoms with Crippen LogP contribution in [0, 0.1) is 0 Å². The van der Waals surface area contributed by atoms with Crippen LogP contribution in [0.2, 0.25) is 0 Å². The molecule has 4 rings (SSSR count). The molecule has 0 aliphatic carbocycles. The minimum atomic E-state index is -4.44. The molecule has 0 spiro atoms. The van der Waals surface area contributed by atoms with E-state index in [1.165, 1.54) is 30.4 Å². The lowest BCUT2D eigenvalue weighted by molar-refractivity contribution is -0.137. The molecule has 0 radical (unpaired) electrons. The summed E-state index contributed by atoms with van der Waals surface area (Å²) in [6, 6.07) is 20.2. The molecule has 1 aromatic heterocycles. The van der Waals surface area contributed by atoms with E-state index in [0.717, 1.165) is 17.7 Å². The van der Waals surface area contributed by atoms with Crippen LogP contribution in [0.1, 0.15) is 23.6 Å². The van der Waals surface area contributed by atoms with E-state index >= 15 is 0 Å². The van der Waals surface area contributed by atoms with Gasteiger partial charge in [0.2, 0.25) is 11.5 Å². The highest BCUT2D eigenvalue weighted by Gasteiger charge is 2.30. The topological polar surface area (TPSA) is 71.2 Å². The predicted molar refractivity (Wildman–Crippen MR) is 138 cm³/mol. The van der Waals surface area contributed by atoms with Crippen LogP contribution in [-0.4, -0.2) is 17.5 Å². The number of carbonyl (C=O) groups excluding carboxylic acids is 1. The Hall–Kier alpha value is -4.59. The quantitative estimate of drug-likeness (QED) is 0.221. The van der Waals surface area contributed by atoms with Gasteiger partial charge in [-0.1, -0.05) is 42.5 Å². The summed E-state index contributed by atoms with van der Waals surface area (Å²) in [5, 5.41) is 3.46. The Morgan fingerprint density at radius 2 is 1.62 bits per heavy atom. The highest BCUT2D eigenvalue weighted by atomic mass is 19.4. The molecule has 0 saturated heterocycles. The number of fused-ring (bicyclic) bond motifs is 1. The molecule has 8 heteroatoms. The lowest BCUT2D eigenvalue weighted by Gasteiger charge is -2.12. The molecule has 0 saturated carbocycles. The molecule has 188 valence electrons. The number of allylic oxidation sites excluding steroid dienone is 2. The van der Waals surface area contributed by atoms with Crippen LogP contribution in [0.25, 0.3) is 16.5 Å². The zero-order valence-corrected chi connectivity index (χ0v) is 19.8. The third kappa shape index (κ3) is 6.35. The number of anilines is 1. The van der Waals surface area contributed by atoms with Crippen molar-refractivity contribution >= 4 is 28.1 Å². The summed E-state index contributed by atoms with van der Waals surface area (Å²) in [4.78, 5) is 26.9. The van der Waals surface area contributed by atoms with Gasteiger partial charge in [0.25, 0.3) is 0 Å². The smallest absolute Gasteiger partial charge is 0.416 e. The van der Waals surface area contributed by atoms with Crippen molar-refractivity contribution in [2.75, 3.05) is 11.9 Å². The summed E-state index contributed by atoms with van der Waals surface area (Å²) < 4.78 is 44.6. The highest BCUT2D eigenvalue weighted by Crippen LogP contribution is 2.32. The standard InChI is InChI=1S/C29H23F3N2O3/c1-2-37-22-15-11-20(12-16-22)23(19-9-13-21(14-10-19)29(30,31)32)5-3-8-27(35)33-25-6-4-7-26-24(25)17-18-28(36)34-26/h3-18H,2H2,1H3,(H,33,35)(H,34,36)/b8-3+,23-5-. The molecule has 1 heterocycles. The normalized spacial score (nSPS) is 12.2. The molecule has 2 N–H and O–H groups in total. The Bertz CT molecular complexity index is 1520. The van der Waals surface area contributed by atoms with E-state index in [1.54, 1.807) is 54.6 Å². The number of rotatable bonds is 7. The maximum Gasteiger partial charge on any atom is 0.416 e. The average Bonchev–Trinajstić information content (AvgIpc) is 2.87. The summed E-state index contributed by atoms with van der Waals surface area (Å²) in [5.41, 5.74) is 2.06. The van der Waals surface area contributed by atoms with E-state index in [2.05, 4.69) is 10.3 Å². The van der Waals surface area contributed by atoms with E-state index in [1.807, 2.05) is 6.92 Å². The fourth-order valence-corrected chi connectivity index (χ4v) is 3.80. The summed E-state index contributed by atoms with van der Waals surface area (Å²) in [5.74, 6) is 0.262. The maximum atomic E-state index is 13.0. The number of amides is 1. The molecule has 1 amide bonds. The molecule has 0 bridgehead atoms. The first kappa shape index (κ1) is 25.5. The Morgan fingerprint density at radius 1 is 0.946 bits per heavy atom. The Labute approximate surface area is 210 Å². The summed E-state index contributed by atoms with van der Waals surface area (Å²) in [6.07, 6.45) is 0.0849. The second-order valence-electron chi connectivity index (χ2n) is 8.05. The van der Waals surface area contributed by atoms with Crippen molar-refractivity contribution in [1.82, 2.24) is 4.98 Å². The van der Waals surface area contributed by atoms with Crippen molar-refractivity contribution in [3.63, 3.8) is 0 Å². The van der Waals surface area contributed by atoms with Gasteiger partial charge in [-0.25, -0.2) is 0 Å². The monoisotopic (exact) mass is 504 g/mol. The SMILES string of the molecule is CCOc1ccc(/C(=C\C=C\C(=O)Nc2cccc3[nH]c(=O)ccc23)c2ccc(C(F)(F)F)cc2)cc1. The fraction of sp³-hybridized carbons (Fsp3) is 0.103. The minimum absolute atomic E-state index is 0.244. The molecule has 3 aromatic carbocycles. The number of halogens is 3. The van der Waals surface area contributed by atoms with Crippen LogP contribution >= 0.6 is 0 Å². The number of aromatic nitrogens is 1. The number of hydrogen-bond acceptors (Lipinski definition) is 3. The number of benzene rings is 3. The third-order valence-corrected chi connectivity index (χ3v) is 5.53. The van der Waals surface area contributed by atoms with Crippen LogP contribution in [0.3, 0.4) is 0 Å². The van der Waals surface area contributed by atoms with Crippen LogP contribution in [0.5, 0.6) is 5.75 Å². The van der Waals surface area contributed by atoms with Gasteiger partial charge >= 0.3 is 6.18 Å². The lowest BCUT2D eigenvalue weighted by atomic mass is 9.96. The number of carbonyl (C=O) groups is 1. The van der Waals surface area contributed by atoms with Gasteiger partial charge in [-0.05, 0) is 66.1 Å². The molecule has 5 nitrogen and oxygen atoms in total. The lowest BCUT2D eigenvalue weighted by Crippen LogP contribution is -2.09. The van der Waals surface area contributed by atoms with Crippen molar-refractivity contribution in [3.05, 3.63) is 124 Å². The van der Waals surface area contributed by atoms with Crippen LogP contribution in [0.4, 0.5) is 18.9 Å². The Kier molecular flexibility index (Phi) is 7.57. The second kappa shape index (κ2) is 11.0. The van der Waals surface area contributed by atoms with Crippen LogP contribution in [-0.2, 0) is 11.0 Å². The number of H-pyrrole nitrogens is 1. The molecule has 4 aromatic rings. The van der Waals surface area contributed by atoms with Gasteiger partial charge in [-0.3, -0.25) is 9.59 Å². The van der Waals surface area contributed by atoms with Crippen molar-refractivity contribution < 1.29 is 22.7 Å². The summed E-state index contributed by atoms with van der Waals surface area (Å²) in [6.45, 7) is 2.38. The molecule has 0 unspecified atom stereocenters. The fourth-order valence-electron chi connectivity index (χ4n) is 3.80. The molecule has 0 aliphatic rings. The van der Waals surface area contributed by atoms with Crippen LogP contribution < -0.4 is 15.6 Å². The van der Waals surface area contributed by atoms with Gasteiger partial charge in [-0.2, -0.15) is 13.2 Å². The first-order chi connectivity index (χ1) is 17.7. The number of alkyl halides is 3. The van der Waals surface area contributed by atoms with E-state index in [4.69, 9.17) is 4.74 Å². The van der Waals surface area contributed by atoms with E-state index in [0.29, 0.717) is 40.1 Å². The van der Waals surface area contributed by atoms with E-state index in [-0.39, 0.29) is 5.56 Å². The largest absolute Gasteiger partial charge is 0.494 e. The van der Waals surface area contributed by atoms with Gasteiger partial charge in [0.1, 0.15) is 5.75 Å². The number of nitrogens with one attached hydrogen (secondary N) is 2. The molecular weight excluding hydrogens is 481 g/mol. The van der Waals surface area contributed by atoms with Crippen molar-refractivity contribution in [2.45, 2.75) is 13.1 Å². The van der Waals surface area contributed by atoms with Gasteiger partial charge in [-0.15, -0.1) is 0 Å². The minimum Gasteiger partial charge on any atom is -0.494 e. The number of aromatic amines is 1. The summed E-state index contributed by atoms with van der Waals surface area (Å²) >= 11 is 0. The maximum absolute atomic E-state index is 13.0. The van der Waals surface area contributed by atoms with E-state index in [9.17, 15) is 22.8 Å². The first-order valence-electron chi connectivity index (χ1n) is 11.5. The van der Waals surface area contributed by atoms with Gasteiger partial charge in [0, 0.05) is 17.5 Å². The molecule has 0 aliphatic heterocycles.